The molecule has 1 N–H and O–H groups in total. The first-order valence-corrected chi connectivity index (χ1v) is 9.95. The van der Waals surface area contributed by atoms with E-state index in [1.807, 2.05) is 4.90 Å². The number of hydrogen-bond acceptors (Lipinski definition) is 2. The Labute approximate surface area is 159 Å². The van der Waals surface area contributed by atoms with Crippen LogP contribution in [-0.2, 0) is 10.2 Å². The van der Waals surface area contributed by atoms with Crippen molar-refractivity contribution >= 4 is 11.6 Å². The van der Waals surface area contributed by atoms with E-state index in [1.165, 1.54) is 17.3 Å². The first-order valence-electron chi connectivity index (χ1n) is 9.95. The lowest BCUT2D eigenvalue weighted by Gasteiger charge is -2.44. The topological polar surface area (TPSA) is 32.3 Å². The van der Waals surface area contributed by atoms with E-state index < -0.39 is 0 Å². The fraction of sp³-hybridized carbons (Fsp3) is 0.609. The molecule has 26 heavy (non-hydrogen) atoms. The van der Waals surface area contributed by atoms with Crippen molar-refractivity contribution in [3.63, 3.8) is 0 Å². The first kappa shape index (κ1) is 20.5. The summed E-state index contributed by atoms with van der Waals surface area (Å²) >= 11 is 0. The minimum Gasteiger partial charge on any atom is -0.385 e. The Balaban J connectivity index is 2.06. The number of anilines is 1. The smallest absolute Gasteiger partial charge is 0.245 e. The van der Waals surface area contributed by atoms with Gasteiger partial charge in [0.25, 0.3) is 0 Å². The number of likely N-dealkylation sites (tertiary alicyclic amines) is 1. The van der Waals surface area contributed by atoms with E-state index in [2.05, 4.69) is 70.8 Å². The van der Waals surface area contributed by atoms with Crippen LogP contribution in [0, 0.1) is 11.3 Å². The summed E-state index contributed by atoms with van der Waals surface area (Å²) < 4.78 is 0. The summed E-state index contributed by atoms with van der Waals surface area (Å²) in [6.07, 6.45) is 4.74. The van der Waals surface area contributed by atoms with E-state index in [-0.39, 0.29) is 16.7 Å². The molecule has 3 heteroatoms. The monoisotopic (exact) mass is 356 g/mol. The second-order valence-corrected chi connectivity index (χ2v) is 8.96. The van der Waals surface area contributed by atoms with Gasteiger partial charge in [0.1, 0.15) is 0 Å². The van der Waals surface area contributed by atoms with Gasteiger partial charge in [-0.25, -0.2) is 0 Å². The molecule has 3 nitrogen and oxygen atoms in total. The van der Waals surface area contributed by atoms with Gasteiger partial charge in [0.05, 0.1) is 0 Å². The summed E-state index contributed by atoms with van der Waals surface area (Å²) in [5.41, 5.74) is 2.94. The predicted octanol–water partition coefficient (Wildman–Crippen LogP) is 5.24. The van der Waals surface area contributed by atoms with Crippen LogP contribution in [0.5, 0.6) is 0 Å². The molecule has 0 atom stereocenters. The first-order chi connectivity index (χ1) is 12.2. The Morgan fingerprint density at radius 3 is 2.50 bits per heavy atom. The van der Waals surface area contributed by atoms with Gasteiger partial charge in [-0.2, -0.15) is 0 Å². The molecule has 1 saturated heterocycles. The van der Waals surface area contributed by atoms with Crippen LogP contribution in [-0.4, -0.2) is 30.4 Å². The maximum atomic E-state index is 11.8. The van der Waals surface area contributed by atoms with Gasteiger partial charge in [-0.15, -0.1) is 0 Å². The van der Waals surface area contributed by atoms with Crippen molar-refractivity contribution < 1.29 is 4.79 Å². The molecule has 144 valence electrons. The van der Waals surface area contributed by atoms with Crippen molar-refractivity contribution in [3.05, 3.63) is 42.5 Å². The molecule has 0 unspecified atom stereocenters. The zero-order valence-electron chi connectivity index (χ0n) is 17.3. The SMILES string of the molecule is C=CC(=O)N1CCC(C(C)(C)CC(C)(C)c2cccc(NCC)c2)CC1. The van der Waals surface area contributed by atoms with Gasteiger partial charge in [-0.3, -0.25) is 4.79 Å². The van der Waals surface area contributed by atoms with E-state index in [0.29, 0.717) is 5.92 Å². The van der Waals surface area contributed by atoms with Gasteiger partial charge in [0, 0.05) is 25.3 Å². The molecule has 1 aliphatic rings. The van der Waals surface area contributed by atoms with Crippen molar-refractivity contribution in [1.29, 1.82) is 0 Å². The third-order valence-electron chi connectivity index (χ3n) is 6.01. The second kappa shape index (κ2) is 8.28. The van der Waals surface area contributed by atoms with Crippen LogP contribution in [0.4, 0.5) is 5.69 Å². The normalized spacial score (nSPS) is 16.4. The average Bonchev–Trinajstić information content (AvgIpc) is 2.61. The van der Waals surface area contributed by atoms with Gasteiger partial charge in [-0.05, 0) is 66.7 Å². The number of hydrogen-bond donors (Lipinski definition) is 1. The summed E-state index contributed by atoms with van der Waals surface area (Å²) in [5, 5.41) is 3.42. The molecule has 1 aliphatic heterocycles. The Hall–Kier alpha value is -1.77. The minimum absolute atomic E-state index is 0.0711. The molecule has 2 rings (SSSR count). The Bertz CT molecular complexity index is 625. The molecular formula is C23H36N2O. The lowest BCUT2D eigenvalue weighted by molar-refractivity contribution is -0.128. The maximum Gasteiger partial charge on any atom is 0.245 e. The Morgan fingerprint density at radius 1 is 1.27 bits per heavy atom. The van der Waals surface area contributed by atoms with Gasteiger partial charge in [0.2, 0.25) is 5.91 Å². The minimum atomic E-state index is 0.0711. The molecule has 0 aromatic heterocycles. The van der Waals surface area contributed by atoms with E-state index in [0.717, 1.165) is 38.9 Å². The fourth-order valence-corrected chi connectivity index (χ4v) is 4.65. The van der Waals surface area contributed by atoms with Crippen LogP contribution in [0.1, 0.15) is 59.4 Å². The average molecular weight is 357 g/mol. The fourth-order valence-electron chi connectivity index (χ4n) is 4.65. The van der Waals surface area contributed by atoms with Crippen LogP contribution in [0.2, 0.25) is 0 Å². The van der Waals surface area contributed by atoms with Crippen molar-refractivity contribution in [2.45, 2.75) is 59.3 Å². The van der Waals surface area contributed by atoms with Gasteiger partial charge in [-0.1, -0.05) is 46.4 Å². The molecule has 1 fully saturated rings. The molecule has 0 radical (unpaired) electrons. The highest BCUT2D eigenvalue weighted by molar-refractivity contribution is 5.87. The number of nitrogens with zero attached hydrogens (tertiary/aromatic N) is 1. The second-order valence-electron chi connectivity index (χ2n) is 8.96. The molecule has 1 aromatic rings. The third kappa shape index (κ3) is 4.90. The molecule has 1 aromatic carbocycles. The number of piperidine rings is 1. The van der Waals surface area contributed by atoms with Crippen LogP contribution in [0.25, 0.3) is 0 Å². The Morgan fingerprint density at radius 2 is 1.92 bits per heavy atom. The van der Waals surface area contributed by atoms with Gasteiger partial charge < -0.3 is 10.2 Å². The highest BCUT2D eigenvalue weighted by Crippen LogP contribution is 2.45. The maximum absolute atomic E-state index is 11.8. The summed E-state index contributed by atoms with van der Waals surface area (Å²) in [6.45, 7) is 17.9. The summed E-state index contributed by atoms with van der Waals surface area (Å²) in [5.74, 6) is 0.717. The van der Waals surface area contributed by atoms with Crippen molar-refractivity contribution in [2.75, 3.05) is 25.0 Å². The number of amides is 1. The zero-order valence-corrected chi connectivity index (χ0v) is 17.3. The lowest BCUT2D eigenvalue weighted by Crippen LogP contribution is -2.42. The van der Waals surface area contributed by atoms with Crippen LogP contribution < -0.4 is 5.32 Å². The molecular weight excluding hydrogens is 320 g/mol. The number of carbonyl (C=O) groups excluding carboxylic acids is 1. The lowest BCUT2D eigenvalue weighted by atomic mass is 9.64. The van der Waals surface area contributed by atoms with Gasteiger partial charge in [0.15, 0.2) is 0 Å². The van der Waals surface area contributed by atoms with E-state index in [4.69, 9.17) is 0 Å². The third-order valence-corrected chi connectivity index (χ3v) is 6.01. The molecule has 0 bridgehead atoms. The summed E-state index contributed by atoms with van der Waals surface area (Å²) in [4.78, 5) is 13.8. The van der Waals surface area contributed by atoms with Crippen molar-refractivity contribution in [1.82, 2.24) is 4.90 Å². The highest BCUT2D eigenvalue weighted by atomic mass is 16.2. The van der Waals surface area contributed by atoms with E-state index in [9.17, 15) is 4.79 Å². The summed E-state index contributed by atoms with van der Waals surface area (Å²) in [7, 11) is 0. The molecule has 0 aliphatic carbocycles. The van der Waals surface area contributed by atoms with Crippen LogP contribution in [0.3, 0.4) is 0 Å². The Kier molecular flexibility index (Phi) is 6.54. The largest absolute Gasteiger partial charge is 0.385 e. The summed E-state index contributed by atoms with van der Waals surface area (Å²) in [6, 6.07) is 8.84. The number of benzene rings is 1. The molecule has 1 amide bonds. The van der Waals surface area contributed by atoms with Crippen molar-refractivity contribution in [2.24, 2.45) is 11.3 Å². The van der Waals surface area contributed by atoms with E-state index >= 15 is 0 Å². The number of nitrogens with one attached hydrogen (secondary N) is 1. The van der Waals surface area contributed by atoms with Gasteiger partial charge >= 0.3 is 0 Å². The number of carbonyl (C=O) groups is 1. The number of rotatable bonds is 7. The quantitative estimate of drug-likeness (QED) is 0.678. The van der Waals surface area contributed by atoms with Crippen molar-refractivity contribution in [3.8, 4) is 0 Å². The molecule has 1 heterocycles. The zero-order chi connectivity index (χ0) is 19.4. The standard InChI is InChI=1S/C23H36N2O/c1-7-21(26)25-14-12-18(13-15-25)22(3,4)17-23(5,6)19-10-9-11-20(16-19)24-8-2/h7,9-11,16,18,24H,1,8,12-15,17H2,2-6H3. The highest BCUT2D eigenvalue weighted by Gasteiger charge is 2.38. The molecule has 0 spiro atoms. The predicted molar refractivity (Wildman–Crippen MR) is 112 cm³/mol. The van der Waals surface area contributed by atoms with E-state index in [1.54, 1.807) is 0 Å². The molecule has 0 saturated carbocycles. The van der Waals surface area contributed by atoms with Crippen LogP contribution >= 0.6 is 0 Å². The van der Waals surface area contributed by atoms with Crippen LogP contribution in [0.15, 0.2) is 36.9 Å².